The Hall–Kier alpha value is -3.01. The van der Waals surface area contributed by atoms with Gasteiger partial charge in [-0.3, -0.25) is 9.59 Å². The molecule has 1 aromatic heterocycles. The Labute approximate surface area is 199 Å². The Bertz CT molecular complexity index is 1090. The number of benzene rings is 1. The normalized spacial score (nSPS) is 17.3. The fourth-order valence-electron chi connectivity index (χ4n) is 4.30. The molecule has 182 valence electrons. The van der Waals surface area contributed by atoms with Crippen molar-refractivity contribution >= 4 is 40.6 Å². The van der Waals surface area contributed by atoms with Crippen LogP contribution in [0.1, 0.15) is 31.2 Å². The number of hydrogen-bond acceptors (Lipinski definition) is 5. The number of rotatable bonds is 5. The number of nitrogens with one attached hydrogen (secondary N) is 1. The molecule has 34 heavy (non-hydrogen) atoms. The maximum Gasteiger partial charge on any atom is 0.417 e. The van der Waals surface area contributed by atoms with Crippen molar-refractivity contribution in [2.24, 2.45) is 5.92 Å². The van der Waals surface area contributed by atoms with Crippen molar-refractivity contribution in [3.8, 4) is 5.75 Å². The van der Waals surface area contributed by atoms with Gasteiger partial charge in [-0.25, -0.2) is 4.98 Å². The van der Waals surface area contributed by atoms with Crippen LogP contribution in [0.4, 0.5) is 30.4 Å². The first-order valence-corrected chi connectivity index (χ1v) is 11.3. The van der Waals surface area contributed by atoms with Crippen molar-refractivity contribution in [2.45, 2.75) is 31.9 Å². The first-order chi connectivity index (χ1) is 16.2. The van der Waals surface area contributed by atoms with Gasteiger partial charge in [0, 0.05) is 43.9 Å². The summed E-state index contributed by atoms with van der Waals surface area (Å²) in [5, 5.41) is 2.84. The van der Waals surface area contributed by atoms with Gasteiger partial charge in [-0.1, -0.05) is 11.6 Å². The molecule has 0 radical (unpaired) electrons. The Morgan fingerprint density at radius 2 is 1.94 bits per heavy atom. The lowest BCUT2D eigenvalue weighted by atomic mass is 9.95. The van der Waals surface area contributed by atoms with Crippen molar-refractivity contribution in [1.82, 2.24) is 4.98 Å². The number of alkyl halides is 3. The fraction of sp³-hybridized carbons (Fsp3) is 0.435. The van der Waals surface area contributed by atoms with E-state index in [1.54, 1.807) is 28.0 Å². The minimum Gasteiger partial charge on any atom is -0.495 e. The average molecular weight is 497 g/mol. The summed E-state index contributed by atoms with van der Waals surface area (Å²) in [5.74, 6) is 0.425. The Morgan fingerprint density at radius 1 is 1.21 bits per heavy atom. The summed E-state index contributed by atoms with van der Waals surface area (Å²) in [6.07, 6.45) is -1.49. The SMILES string of the molecule is COc1ccc(NC(=O)C2CCN(c3ncc(C(F)(F)F)cc3Cl)CC2)cc1N1CCCC1=O. The summed E-state index contributed by atoms with van der Waals surface area (Å²) in [5.41, 5.74) is 0.293. The molecule has 0 bridgehead atoms. The zero-order valence-corrected chi connectivity index (χ0v) is 19.2. The van der Waals surface area contributed by atoms with Gasteiger partial charge in [-0.05, 0) is 43.5 Å². The van der Waals surface area contributed by atoms with Crippen molar-refractivity contribution < 1.29 is 27.5 Å². The van der Waals surface area contributed by atoms with E-state index >= 15 is 0 Å². The Morgan fingerprint density at radius 3 is 2.53 bits per heavy atom. The molecule has 0 unspecified atom stereocenters. The van der Waals surface area contributed by atoms with Crippen LogP contribution < -0.4 is 19.9 Å². The van der Waals surface area contributed by atoms with Crippen molar-refractivity contribution in [1.29, 1.82) is 0 Å². The van der Waals surface area contributed by atoms with E-state index in [1.165, 1.54) is 7.11 Å². The largest absolute Gasteiger partial charge is 0.495 e. The molecule has 2 fully saturated rings. The molecule has 0 saturated carbocycles. The number of pyridine rings is 1. The molecule has 1 N–H and O–H groups in total. The minimum atomic E-state index is -4.51. The van der Waals surface area contributed by atoms with Crippen molar-refractivity contribution in [3.05, 3.63) is 41.0 Å². The molecule has 2 aliphatic rings. The highest BCUT2D eigenvalue weighted by Gasteiger charge is 2.33. The van der Waals surface area contributed by atoms with Crippen LogP contribution >= 0.6 is 11.6 Å². The van der Waals surface area contributed by atoms with Crippen LogP contribution in [0.5, 0.6) is 5.75 Å². The van der Waals surface area contributed by atoms with E-state index in [9.17, 15) is 22.8 Å². The number of methoxy groups -OCH3 is 1. The predicted molar refractivity (Wildman–Crippen MR) is 122 cm³/mol. The quantitative estimate of drug-likeness (QED) is 0.647. The lowest BCUT2D eigenvalue weighted by molar-refractivity contribution is -0.137. The molecule has 2 aliphatic heterocycles. The molecule has 2 aromatic rings. The Balaban J connectivity index is 1.39. The summed E-state index contributed by atoms with van der Waals surface area (Å²) < 4.78 is 43.9. The lowest BCUT2D eigenvalue weighted by Crippen LogP contribution is -2.38. The second-order valence-electron chi connectivity index (χ2n) is 8.31. The maximum absolute atomic E-state index is 12.9. The molecule has 2 saturated heterocycles. The van der Waals surface area contributed by atoms with Gasteiger partial charge in [-0.2, -0.15) is 13.2 Å². The van der Waals surface area contributed by atoms with Gasteiger partial charge >= 0.3 is 6.18 Å². The van der Waals surface area contributed by atoms with Gasteiger partial charge in [-0.15, -0.1) is 0 Å². The zero-order chi connectivity index (χ0) is 24.5. The second kappa shape index (κ2) is 9.69. The number of anilines is 3. The summed E-state index contributed by atoms with van der Waals surface area (Å²) in [7, 11) is 1.53. The number of halogens is 4. The summed E-state index contributed by atoms with van der Waals surface area (Å²) in [4.78, 5) is 32.4. The first-order valence-electron chi connectivity index (χ1n) is 10.9. The summed E-state index contributed by atoms with van der Waals surface area (Å²) in [6.45, 7) is 1.48. The molecular formula is C23H24ClF3N4O3. The molecule has 1 aromatic carbocycles. The number of aromatic nitrogens is 1. The highest BCUT2D eigenvalue weighted by Crippen LogP contribution is 2.36. The highest BCUT2D eigenvalue weighted by atomic mass is 35.5. The second-order valence-corrected chi connectivity index (χ2v) is 8.72. The van der Waals surface area contributed by atoms with E-state index in [-0.39, 0.29) is 28.6 Å². The van der Waals surface area contributed by atoms with Gasteiger partial charge in [0.2, 0.25) is 11.8 Å². The van der Waals surface area contributed by atoms with Gasteiger partial charge in [0.05, 0.1) is 23.4 Å². The van der Waals surface area contributed by atoms with Crippen LogP contribution in [0.3, 0.4) is 0 Å². The van der Waals surface area contributed by atoms with Gasteiger partial charge in [0.1, 0.15) is 11.6 Å². The smallest absolute Gasteiger partial charge is 0.417 e. The standard InChI is InChI=1S/C23H24ClF3N4O3/c1-34-19-5-4-16(12-18(19)31-8-2-3-20(31)32)29-22(33)14-6-9-30(10-7-14)21-17(24)11-15(13-28-21)23(25,26)27/h4-5,11-14H,2-3,6-10H2,1H3,(H,29,33). The number of piperidine rings is 1. The van der Waals surface area contributed by atoms with E-state index in [0.717, 1.165) is 18.7 Å². The third kappa shape index (κ3) is 5.06. The first kappa shape index (κ1) is 24.1. The van der Waals surface area contributed by atoms with Crippen LogP contribution in [0.15, 0.2) is 30.5 Å². The third-order valence-corrected chi connectivity index (χ3v) is 6.40. The number of carbonyl (C=O) groups is 2. The number of ether oxygens (including phenoxy) is 1. The molecule has 4 rings (SSSR count). The van der Waals surface area contributed by atoms with Crippen molar-refractivity contribution in [3.63, 3.8) is 0 Å². The van der Waals surface area contributed by atoms with E-state index < -0.39 is 11.7 Å². The fourth-order valence-corrected chi connectivity index (χ4v) is 4.58. The number of nitrogens with zero attached hydrogens (tertiary/aromatic N) is 3. The van der Waals surface area contributed by atoms with Gasteiger partial charge < -0.3 is 19.9 Å². The average Bonchev–Trinajstić information content (AvgIpc) is 3.24. The molecule has 3 heterocycles. The number of carbonyl (C=O) groups excluding carboxylic acids is 2. The van der Waals surface area contributed by atoms with Crippen LogP contribution in [0.25, 0.3) is 0 Å². The van der Waals surface area contributed by atoms with Gasteiger partial charge in [0.25, 0.3) is 0 Å². The maximum atomic E-state index is 12.9. The topological polar surface area (TPSA) is 74.8 Å². The number of hydrogen-bond donors (Lipinski definition) is 1. The molecule has 0 atom stereocenters. The minimum absolute atomic E-state index is 0.0182. The van der Waals surface area contributed by atoms with Crippen LogP contribution in [-0.4, -0.2) is 43.5 Å². The van der Waals surface area contributed by atoms with Crippen LogP contribution in [-0.2, 0) is 15.8 Å². The van der Waals surface area contributed by atoms with Crippen LogP contribution in [0.2, 0.25) is 5.02 Å². The molecule has 11 heteroatoms. The van der Waals surface area contributed by atoms with Gasteiger partial charge in [0.15, 0.2) is 0 Å². The van der Waals surface area contributed by atoms with E-state index in [2.05, 4.69) is 10.3 Å². The van der Waals surface area contributed by atoms with Crippen LogP contribution in [0, 0.1) is 5.92 Å². The molecule has 0 spiro atoms. The van der Waals surface area contributed by atoms with E-state index in [1.807, 2.05) is 0 Å². The monoisotopic (exact) mass is 496 g/mol. The third-order valence-electron chi connectivity index (χ3n) is 6.12. The molecule has 7 nitrogen and oxygen atoms in total. The summed E-state index contributed by atoms with van der Waals surface area (Å²) in [6, 6.07) is 6.05. The molecular weight excluding hydrogens is 473 g/mol. The predicted octanol–water partition coefficient (Wildman–Crippen LogP) is 4.74. The van der Waals surface area contributed by atoms with Crippen molar-refractivity contribution in [2.75, 3.05) is 41.9 Å². The zero-order valence-electron chi connectivity index (χ0n) is 18.5. The van der Waals surface area contributed by atoms with E-state index in [0.29, 0.717) is 56.0 Å². The lowest BCUT2D eigenvalue weighted by Gasteiger charge is -2.32. The van der Waals surface area contributed by atoms with E-state index in [4.69, 9.17) is 16.3 Å². The molecule has 0 aliphatic carbocycles. The highest BCUT2D eigenvalue weighted by molar-refractivity contribution is 6.33. The molecule has 2 amide bonds. The number of amides is 2. The summed E-state index contributed by atoms with van der Waals surface area (Å²) >= 11 is 6.06. The Kier molecular flexibility index (Phi) is 6.88.